The lowest BCUT2D eigenvalue weighted by Gasteiger charge is -2.34. The molecule has 1 aromatic carbocycles. The van der Waals surface area contributed by atoms with Gasteiger partial charge in [0.2, 0.25) is 0 Å². The maximum Gasteiger partial charge on any atom is 0.407 e. The fraction of sp³-hybridized carbons (Fsp3) is 0.621. The Balaban J connectivity index is 2.97. The predicted octanol–water partition coefficient (Wildman–Crippen LogP) is 4.37. The smallest absolute Gasteiger partial charge is 0.407 e. The van der Waals surface area contributed by atoms with Crippen LogP contribution in [0.15, 0.2) is 49.1 Å². The van der Waals surface area contributed by atoms with E-state index in [2.05, 4.69) is 11.9 Å². The first-order valence-corrected chi connectivity index (χ1v) is 13.0. The highest BCUT2D eigenvalue weighted by Gasteiger charge is 2.35. The Morgan fingerprint density at radius 1 is 1.18 bits per heavy atom. The lowest BCUT2D eigenvalue weighted by Crippen LogP contribution is -2.46. The second kappa shape index (κ2) is 17.2. The van der Waals surface area contributed by atoms with E-state index in [-0.39, 0.29) is 25.7 Å². The first kappa shape index (κ1) is 33.6. The maximum atomic E-state index is 12.1. The molecular weight excluding hydrogens is 490 g/mol. The highest BCUT2D eigenvalue weighted by molar-refractivity contribution is 5.67. The SMILES string of the molecule is C=C[C@H](CC)[C@@H](O)/C=C/[C@](O)(CCNC(=O)OC(C)(C)C)[C@@H](CCOCc1ccc(OC)cc1)OCOC. The largest absolute Gasteiger partial charge is 0.497 e. The van der Waals surface area contributed by atoms with Gasteiger partial charge in [-0.1, -0.05) is 37.3 Å². The van der Waals surface area contributed by atoms with Gasteiger partial charge in [0.25, 0.3) is 0 Å². The molecule has 0 unspecified atom stereocenters. The third kappa shape index (κ3) is 12.9. The molecule has 0 aromatic heterocycles. The summed E-state index contributed by atoms with van der Waals surface area (Å²) in [6, 6.07) is 7.57. The van der Waals surface area contributed by atoms with E-state index in [9.17, 15) is 15.0 Å². The van der Waals surface area contributed by atoms with E-state index in [1.54, 1.807) is 40.0 Å². The van der Waals surface area contributed by atoms with Crippen molar-refractivity contribution in [3.8, 4) is 5.75 Å². The summed E-state index contributed by atoms with van der Waals surface area (Å²) >= 11 is 0. The lowest BCUT2D eigenvalue weighted by molar-refractivity contribution is -0.147. The molecule has 9 nitrogen and oxygen atoms in total. The monoisotopic (exact) mass is 537 g/mol. The number of nitrogens with one attached hydrogen (secondary N) is 1. The second-order valence-corrected chi connectivity index (χ2v) is 10.1. The zero-order valence-corrected chi connectivity index (χ0v) is 23.8. The number of carbonyl (C=O) groups is 1. The number of amides is 1. The minimum Gasteiger partial charge on any atom is -0.497 e. The van der Waals surface area contributed by atoms with E-state index in [0.717, 1.165) is 11.3 Å². The summed E-state index contributed by atoms with van der Waals surface area (Å²) in [6.07, 6.45) is 3.73. The van der Waals surface area contributed by atoms with E-state index in [1.165, 1.54) is 13.2 Å². The van der Waals surface area contributed by atoms with Crippen molar-refractivity contribution >= 4 is 6.09 Å². The predicted molar refractivity (Wildman–Crippen MR) is 147 cm³/mol. The Morgan fingerprint density at radius 2 is 1.87 bits per heavy atom. The van der Waals surface area contributed by atoms with E-state index in [0.29, 0.717) is 26.1 Å². The number of benzene rings is 1. The zero-order valence-electron chi connectivity index (χ0n) is 23.8. The molecule has 0 aliphatic heterocycles. The number of aliphatic hydroxyl groups is 2. The quantitative estimate of drug-likeness (QED) is 0.144. The Kier molecular flexibility index (Phi) is 15.2. The molecule has 1 aromatic rings. The average Bonchev–Trinajstić information content (AvgIpc) is 2.87. The molecule has 1 amide bonds. The number of rotatable bonds is 18. The normalized spacial score (nSPS) is 15.9. The Hall–Kier alpha value is -2.43. The van der Waals surface area contributed by atoms with Gasteiger partial charge in [-0.05, 0) is 51.3 Å². The first-order valence-electron chi connectivity index (χ1n) is 13.0. The van der Waals surface area contributed by atoms with Crippen molar-refractivity contribution < 1.29 is 38.7 Å². The molecule has 0 aliphatic rings. The van der Waals surface area contributed by atoms with E-state index < -0.39 is 29.5 Å². The molecule has 0 heterocycles. The van der Waals surface area contributed by atoms with Crippen molar-refractivity contribution in [2.45, 2.75) is 77.0 Å². The molecule has 0 spiro atoms. The van der Waals surface area contributed by atoms with Crippen LogP contribution in [0.3, 0.4) is 0 Å². The van der Waals surface area contributed by atoms with Gasteiger partial charge in [0.05, 0.1) is 25.9 Å². The van der Waals surface area contributed by atoms with Crippen molar-refractivity contribution in [2.24, 2.45) is 5.92 Å². The molecule has 3 N–H and O–H groups in total. The minimum atomic E-state index is -1.54. The van der Waals surface area contributed by atoms with Crippen molar-refractivity contribution in [3.63, 3.8) is 0 Å². The summed E-state index contributed by atoms with van der Waals surface area (Å²) < 4.78 is 27.3. The van der Waals surface area contributed by atoms with Crippen LogP contribution in [0, 0.1) is 5.92 Å². The molecule has 38 heavy (non-hydrogen) atoms. The number of methoxy groups -OCH3 is 2. The molecule has 0 bridgehead atoms. The summed E-state index contributed by atoms with van der Waals surface area (Å²) in [5, 5.41) is 25.0. The van der Waals surface area contributed by atoms with Crippen LogP contribution < -0.4 is 10.1 Å². The van der Waals surface area contributed by atoms with Gasteiger partial charge in [-0.3, -0.25) is 0 Å². The van der Waals surface area contributed by atoms with E-state index in [1.807, 2.05) is 31.2 Å². The van der Waals surface area contributed by atoms with E-state index >= 15 is 0 Å². The van der Waals surface area contributed by atoms with Gasteiger partial charge in [-0.2, -0.15) is 0 Å². The molecular formula is C29H47NO8. The fourth-order valence-electron chi connectivity index (χ4n) is 3.72. The Morgan fingerprint density at radius 3 is 2.42 bits per heavy atom. The van der Waals surface area contributed by atoms with Crippen LogP contribution in [0.1, 0.15) is 52.5 Å². The number of aliphatic hydroxyl groups excluding tert-OH is 1. The summed E-state index contributed by atoms with van der Waals surface area (Å²) in [6.45, 7) is 11.8. The number of carbonyl (C=O) groups excluding carboxylic acids is 1. The number of hydrogen-bond acceptors (Lipinski definition) is 8. The lowest BCUT2D eigenvalue weighted by atomic mass is 9.88. The Bertz CT molecular complexity index is 836. The van der Waals surface area contributed by atoms with Crippen LogP contribution in [0.2, 0.25) is 0 Å². The standard InChI is InChI=1S/C29H47NO8/c1-8-23(9-2)25(31)14-16-29(33,17-18-30-27(32)38-28(3,4)5)26(37-21-34-6)15-19-36-20-22-10-12-24(35-7)13-11-22/h8,10-14,16,23,25-26,31,33H,1,9,15,17-21H2,2-7H3,(H,30,32)/b16-14+/t23-,25+,26-,29+/m1/s1. The Labute approximate surface area is 227 Å². The molecule has 0 radical (unpaired) electrons. The summed E-state index contributed by atoms with van der Waals surface area (Å²) in [4.78, 5) is 12.1. The number of ether oxygens (including phenoxy) is 5. The topological polar surface area (TPSA) is 116 Å². The second-order valence-electron chi connectivity index (χ2n) is 10.1. The van der Waals surface area contributed by atoms with Gasteiger partial charge in [0, 0.05) is 32.6 Å². The molecule has 1 rings (SSSR count). The van der Waals surface area contributed by atoms with Gasteiger partial charge in [-0.25, -0.2) is 4.79 Å². The third-order valence-electron chi connectivity index (χ3n) is 5.89. The van der Waals surface area contributed by atoms with E-state index in [4.69, 9.17) is 23.7 Å². The summed E-state index contributed by atoms with van der Waals surface area (Å²) in [5.74, 6) is 0.601. The van der Waals surface area contributed by atoms with Crippen LogP contribution in [-0.4, -0.2) is 73.9 Å². The van der Waals surface area contributed by atoms with Crippen molar-refractivity contribution in [2.75, 3.05) is 34.2 Å². The van der Waals surface area contributed by atoms with Crippen molar-refractivity contribution in [3.05, 3.63) is 54.6 Å². The van der Waals surface area contributed by atoms with Gasteiger partial charge < -0.3 is 39.2 Å². The highest BCUT2D eigenvalue weighted by atomic mass is 16.7. The first-order chi connectivity index (χ1) is 18.0. The molecule has 0 aliphatic carbocycles. The van der Waals surface area contributed by atoms with Gasteiger partial charge in [-0.15, -0.1) is 6.58 Å². The maximum absolute atomic E-state index is 12.1. The zero-order chi connectivity index (χ0) is 28.6. The molecule has 0 saturated carbocycles. The van der Waals surface area contributed by atoms with Gasteiger partial charge in [0.1, 0.15) is 23.7 Å². The minimum absolute atomic E-state index is 0.0500. The summed E-state index contributed by atoms with van der Waals surface area (Å²) in [5.41, 5.74) is -1.21. The average molecular weight is 538 g/mol. The van der Waals surface area contributed by atoms with Crippen molar-refractivity contribution in [1.82, 2.24) is 5.32 Å². The molecule has 0 fully saturated rings. The fourth-order valence-corrected chi connectivity index (χ4v) is 3.72. The number of hydrogen-bond donors (Lipinski definition) is 3. The van der Waals surface area contributed by atoms with Crippen LogP contribution in [0.5, 0.6) is 5.75 Å². The number of alkyl carbamates (subject to hydrolysis) is 1. The van der Waals surface area contributed by atoms with Crippen molar-refractivity contribution in [1.29, 1.82) is 0 Å². The van der Waals surface area contributed by atoms with Crippen LogP contribution in [0.4, 0.5) is 4.79 Å². The molecule has 216 valence electrons. The highest BCUT2D eigenvalue weighted by Crippen LogP contribution is 2.25. The summed E-state index contributed by atoms with van der Waals surface area (Å²) in [7, 11) is 3.11. The van der Waals surface area contributed by atoms with Crippen LogP contribution in [0.25, 0.3) is 0 Å². The van der Waals surface area contributed by atoms with Gasteiger partial charge in [0.15, 0.2) is 0 Å². The third-order valence-corrected chi connectivity index (χ3v) is 5.89. The molecule has 9 heteroatoms. The van der Waals surface area contributed by atoms with Gasteiger partial charge >= 0.3 is 6.09 Å². The molecule has 4 atom stereocenters. The van der Waals surface area contributed by atoms with Crippen LogP contribution in [-0.2, 0) is 25.6 Å². The molecule has 0 saturated heterocycles. The van der Waals surface area contributed by atoms with Crippen LogP contribution >= 0.6 is 0 Å².